The molecule has 3 saturated heterocycles. The van der Waals surface area contributed by atoms with Gasteiger partial charge in [0.2, 0.25) is 5.91 Å². The van der Waals surface area contributed by atoms with Crippen LogP contribution in [0.1, 0.15) is 33.6 Å². The van der Waals surface area contributed by atoms with Gasteiger partial charge in [-0.1, -0.05) is 0 Å². The van der Waals surface area contributed by atoms with Gasteiger partial charge < -0.3 is 19.3 Å². The second-order valence-electron chi connectivity index (χ2n) is 9.75. The number of piperazine rings is 1. The molecule has 9 heteroatoms. The van der Waals surface area contributed by atoms with Crippen LogP contribution in [0, 0.1) is 16.7 Å². The van der Waals surface area contributed by atoms with Gasteiger partial charge in [0.05, 0.1) is 19.3 Å². The standard InChI is InChI=1S/C22H37N5O4/c1-21(2,3)31-20(29)27-6-4-22(18-23,5-7-27)19(28)26-12-10-24(11-13-26)8-9-25-14-16-30-17-15-25/h4-17H2,1-3H3. The van der Waals surface area contributed by atoms with E-state index in [0.29, 0.717) is 39.0 Å². The molecule has 0 aromatic rings. The minimum Gasteiger partial charge on any atom is -0.444 e. The molecule has 0 unspecified atom stereocenters. The summed E-state index contributed by atoms with van der Waals surface area (Å²) in [6.45, 7) is 14.8. The maximum Gasteiger partial charge on any atom is 0.410 e. The molecule has 174 valence electrons. The Morgan fingerprint density at radius 3 is 1.97 bits per heavy atom. The highest BCUT2D eigenvalue weighted by Gasteiger charge is 2.46. The quantitative estimate of drug-likeness (QED) is 0.651. The molecule has 0 N–H and O–H groups in total. The van der Waals surface area contributed by atoms with Crippen molar-refractivity contribution in [3.05, 3.63) is 0 Å². The third kappa shape index (κ3) is 6.31. The van der Waals surface area contributed by atoms with Gasteiger partial charge in [0, 0.05) is 65.4 Å². The number of morpholine rings is 1. The van der Waals surface area contributed by atoms with E-state index < -0.39 is 11.0 Å². The second-order valence-corrected chi connectivity index (χ2v) is 9.75. The first-order valence-corrected chi connectivity index (χ1v) is 11.4. The molecule has 0 saturated carbocycles. The number of nitrogens with zero attached hydrogens (tertiary/aromatic N) is 5. The van der Waals surface area contributed by atoms with Crippen molar-refractivity contribution in [2.24, 2.45) is 5.41 Å². The molecule has 3 heterocycles. The Kier molecular flexibility index (Phi) is 7.78. The zero-order valence-corrected chi connectivity index (χ0v) is 19.3. The Labute approximate surface area is 185 Å². The number of ether oxygens (including phenoxy) is 2. The number of hydrogen-bond donors (Lipinski definition) is 0. The molecular weight excluding hydrogens is 398 g/mol. The van der Waals surface area contributed by atoms with Crippen molar-refractivity contribution in [1.29, 1.82) is 5.26 Å². The van der Waals surface area contributed by atoms with Crippen LogP contribution in [0.4, 0.5) is 4.79 Å². The summed E-state index contributed by atoms with van der Waals surface area (Å²) < 4.78 is 10.8. The van der Waals surface area contributed by atoms with Crippen LogP contribution in [0.25, 0.3) is 0 Å². The van der Waals surface area contributed by atoms with Crippen molar-refractivity contribution in [1.82, 2.24) is 19.6 Å². The first-order valence-electron chi connectivity index (χ1n) is 11.4. The lowest BCUT2D eigenvalue weighted by molar-refractivity contribution is -0.143. The molecule has 0 aromatic heterocycles. The Bertz CT molecular complexity index is 664. The van der Waals surface area contributed by atoms with Gasteiger partial charge in [-0.25, -0.2) is 4.79 Å². The third-order valence-corrected chi connectivity index (χ3v) is 6.39. The van der Waals surface area contributed by atoms with Crippen LogP contribution in [-0.4, -0.2) is 116 Å². The lowest BCUT2D eigenvalue weighted by Gasteiger charge is -2.42. The highest BCUT2D eigenvalue weighted by Crippen LogP contribution is 2.34. The summed E-state index contributed by atoms with van der Waals surface area (Å²) in [5, 5.41) is 9.88. The largest absolute Gasteiger partial charge is 0.444 e. The van der Waals surface area contributed by atoms with Crippen molar-refractivity contribution in [3.8, 4) is 6.07 Å². The Morgan fingerprint density at radius 1 is 0.903 bits per heavy atom. The average molecular weight is 436 g/mol. The molecule has 3 rings (SSSR count). The summed E-state index contributed by atoms with van der Waals surface area (Å²) in [4.78, 5) is 33.8. The normalized spacial score (nSPS) is 23.3. The van der Waals surface area contributed by atoms with Crippen molar-refractivity contribution in [3.63, 3.8) is 0 Å². The van der Waals surface area contributed by atoms with E-state index in [2.05, 4.69) is 15.9 Å². The molecule has 0 aliphatic carbocycles. The molecule has 0 radical (unpaired) electrons. The molecule has 0 atom stereocenters. The monoisotopic (exact) mass is 435 g/mol. The number of likely N-dealkylation sites (tertiary alicyclic amines) is 1. The molecule has 3 aliphatic heterocycles. The summed E-state index contributed by atoms with van der Waals surface area (Å²) in [5.41, 5.74) is -1.59. The molecule has 0 aromatic carbocycles. The number of nitriles is 1. The molecule has 2 amide bonds. The number of amides is 2. The van der Waals surface area contributed by atoms with E-state index in [0.717, 1.165) is 52.5 Å². The van der Waals surface area contributed by atoms with Crippen LogP contribution in [-0.2, 0) is 14.3 Å². The SMILES string of the molecule is CC(C)(C)OC(=O)N1CCC(C#N)(C(=O)N2CCN(CCN3CCOCC3)CC2)CC1. The van der Waals surface area contributed by atoms with E-state index in [-0.39, 0.29) is 12.0 Å². The maximum atomic E-state index is 13.3. The zero-order chi connectivity index (χ0) is 22.5. The number of rotatable bonds is 4. The van der Waals surface area contributed by atoms with Gasteiger partial charge in [-0.2, -0.15) is 5.26 Å². The molecule has 3 aliphatic rings. The third-order valence-electron chi connectivity index (χ3n) is 6.39. The predicted molar refractivity (Wildman–Crippen MR) is 115 cm³/mol. The summed E-state index contributed by atoms with van der Waals surface area (Å²) in [6, 6.07) is 2.30. The summed E-state index contributed by atoms with van der Waals surface area (Å²) in [7, 11) is 0. The highest BCUT2D eigenvalue weighted by atomic mass is 16.6. The van der Waals surface area contributed by atoms with Crippen molar-refractivity contribution in [2.45, 2.75) is 39.2 Å². The number of carbonyl (C=O) groups is 2. The zero-order valence-electron chi connectivity index (χ0n) is 19.3. The lowest BCUT2D eigenvalue weighted by Crippen LogP contribution is -2.56. The van der Waals surface area contributed by atoms with E-state index in [1.165, 1.54) is 0 Å². The summed E-state index contributed by atoms with van der Waals surface area (Å²) >= 11 is 0. The van der Waals surface area contributed by atoms with Crippen LogP contribution in [0.3, 0.4) is 0 Å². The van der Waals surface area contributed by atoms with E-state index in [1.807, 2.05) is 25.7 Å². The van der Waals surface area contributed by atoms with Crippen LogP contribution in [0.5, 0.6) is 0 Å². The fourth-order valence-corrected chi connectivity index (χ4v) is 4.36. The van der Waals surface area contributed by atoms with Gasteiger partial charge in [-0.15, -0.1) is 0 Å². The number of hydrogen-bond acceptors (Lipinski definition) is 7. The van der Waals surface area contributed by atoms with Crippen LogP contribution >= 0.6 is 0 Å². The summed E-state index contributed by atoms with van der Waals surface area (Å²) in [5.74, 6) is -0.0772. The van der Waals surface area contributed by atoms with Crippen LogP contribution < -0.4 is 0 Å². The molecule has 0 spiro atoms. The maximum absolute atomic E-state index is 13.3. The lowest BCUT2D eigenvalue weighted by atomic mass is 9.78. The van der Waals surface area contributed by atoms with Gasteiger partial charge in [-0.05, 0) is 33.6 Å². The molecule has 9 nitrogen and oxygen atoms in total. The first-order chi connectivity index (χ1) is 14.7. The van der Waals surface area contributed by atoms with Crippen molar-refractivity contribution in [2.75, 3.05) is 78.7 Å². The van der Waals surface area contributed by atoms with E-state index >= 15 is 0 Å². The van der Waals surface area contributed by atoms with Crippen molar-refractivity contribution >= 4 is 12.0 Å². The molecule has 0 bridgehead atoms. The number of carbonyl (C=O) groups excluding carboxylic acids is 2. The van der Waals surface area contributed by atoms with Gasteiger partial charge in [0.1, 0.15) is 11.0 Å². The number of piperidine rings is 1. The first kappa shape index (κ1) is 23.8. The van der Waals surface area contributed by atoms with Crippen LogP contribution in [0.15, 0.2) is 0 Å². The molecule has 3 fully saturated rings. The molecular formula is C22H37N5O4. The Balaban J connectivity index is 1.46. The van der Waals surface area contributed by atoms with Crippen LogP contribution in [0.2, 0.25) is 0 Å². The Hall–Kier alpha value is -1.89. The van der Waals surface area contributed by atoms with Crippen molar-refractivity contribution < 1.29 is 19.1 Å². The fourth-order valence-electron chi connectivity index (χ4n) is 4.36. The van der Waals surface area contributed by atoms with Gasteiger partial charge >= 0.3 is 6.09 Å². The minimum absolute atomic E-state index is 0.0772. The highest BCUT2D eigenvalue weighted by molar-refractivity contribution is 5.86. The van der Waals surface area contributed by atoms with Gasteiger partial charge in [0.25, 0.3) is 0 Å². The minimum atomic E-state index is -1.03. The topological polar surface area (TPSA) is 89.3 Å². The predicted octanol–water partition coefficient (Wildman–Crippen LogP) is 1.00. The van der Waals surface area contributed by atoms with E-state index in [4.69, 9.17) is 9.47 Å². The average Bonchev–Trinajstić information content (AvgIpc) is 2.77. The Morgan fingerprint density at radius 2 is 1.45 bits per heavy atom. The van der Waals surface area contributed by atoms with E-state index in [9.17, 15) is 14.9 Å². The fraction of sp³-hybridized carbons (Fsp3) is 0.864. The molecule has 31 heavy (non-hydrogen) atoms. The van der Waals surface area contributed by atoms with E-state index in [1.54, 1.807) is 4.90 Å². The van der Waals surface area contributed by atoms with Gasteiger partial charge in [0.15, 0.2) is 0 Å². The second kappa shape index (κ2) is 10.2. The smallest absolute Gasteiger partial charge is 0.410 e. The van der Waals surface area contributed by atoms with Gasteiger partial charge in [-0.3, -0.25) is 14.6 Å². The summed E-state index contributed by atoms with van der Waals surface area (Å²) in [6.07, 6.45) is 0.345.